The van der Waals surface area contributed by atoms with E-state index in [1.807, 2.05) is 0 Å². The van der Waals surface area contributed by atoms with Gasteiger partial charge in [0.15, 0.2) is 11.6 Å². The first-order valence-electron chi connectivity index (χ1n) is 7.23. The van der Waals surface area contributed by atoms with Crippen LogP contribution < -0.4 is 10.9 Å². The number of hydrogen-bond donors (Lipinski definition) is 1. The Labute approximate surface area is 143 Å². The monoisotopic (exact) mass is 360 g/mol. The summed E-state index contributed by atoms with van der Waals surface area (Å²) in [6.07, 6.45) is 1.13. The fourth-order valence-electron chi connectivity index (χ4n) is 2.30. The number of halogens is 2. The number of nitrogens with zero attached hydrogens (tertiary/aromatic N) is 3. The Balaban J connectivity index is 1.86. The van der Waals surface area contributed by atoms with E-state index in [0.717, 1.165) is 29.1 Å². The van der Waals surface area contributed by atoms with Crippen LogP contribution in [0.25, 0.3) is 10.9 Å². The molecule has 1 aromatic heterocycles. The van der Waals surface area contributed by atoms with Gasteiger partial charge in [-0.2, -0.15) is 0 Å². The molecule has 0 aliphatic heterocycles. The molecule has 0 saturated carbocycles. The predicted molar refractivity (Wildman–Crippen MR) is 87.6 cm³/mol. The van der Waals surface area contributed by atoms with Gasteiger partial charge in [0.1, 0.15) is 6.54 Å². The maximum Gasteiger partial charge on any atom is 0.270 e. The van der Waals surface area contributed by atoms with Gasteiger partial charge in [-0.3, -0.25) is 24.3 Å². The first kappa shape index (κ1) is 17.1. The molecule has 8 nitrogen and oxygen atoms in total. The first-order chi connectivity index (χ1) is 12.3. The van der Waals surface area contributed by atoms with E-state index in [4.69, 9.17) is 0 Å². The molecule has 0 bridgehead atoms. The van der Waals surface area contributed by atoms with Gasteiger partial charge in [-0.15, -0.1) is 0 Å². The van der Waals surface area contributed by atoms with Crippen molar-refractivity contribution in [3.63, 3.8) is 0 Å². The van der Waals surface area contributed by atoms with Crippen molar-refractivity contribution in [3.05, 3.63) is 74.8 Å². The summed E-state index contributed by atoms with van der Waals surface area (Å²) < 4.78 is 27.0. The van der Waals surface area contributed by atoms with Crippen molar-refractivity contribution in [2.45, 2.75) is 6.54 Å². The zero-order chi connectivity index (χ0) is 18.8. The van der Waals surface area contributed by atoms with Gasteiger partial charge in [0.25, 0.3) is 11.2 Å². The molecule has 1 N–H and O–H groups in total. The van der Waals surface area contributed by atoms with Crippen LogP contribution in [0.3, 0.4) is 0 Å². The van der Waals surface area contributed by atoms with Crippen LogP contribution in [0, 0.1) is 21.7 Å². The van der Waals surface area contributed by atoms with E-state index in [-0.39, 0.29) is 22.3 Å². The number of nitrogens with one attached hydrogen (secondary N) is 1. The normalized spacial score (nSPS) is 10.7. The molecular weight excluding hydrogens is 350 g/mol. The van der Waals surface area contributed by atoms with Crippen LogP contribution in [-0.4, -0.2) is 20.4 Å². The molecule has 0 aliphatic carbocycles. The topological polar surface area (TPSA) is 107 Å². The Morgan fingerprint density at radius 3 is 2.65 bits per heavy atom. The van der Waals surface area contributed by atoms with Gasteiger partial charge in [-0.25, -0.2) is 13.8 Å². The number of hydrogen-bond acceptors (Lipinski definition) is 5. The van der Waals surface area contributed by atoms with Crippen molar-refractivity contribution in [3.8, 4) is 0 Å². The fourth-order valence-corrected chi connectivity index (χ4v) is 2.30. The lowest BCUT2D eigenvalue weighted by atomic mass is 10.2. The minimum absolute atomic E-state index is 0.0117. The molecule has 0 fully saturated rings. The number of amides is 1. The number of aromatic nitrogens is 2. The van der Waals surface area contributed by atoms with Gasteiger partial charge in [-0.1, -0.05) is 0 Å². The Hall–Kier alpha value is -3.69. The highest BCUT2D eigenvalue weighted by atomic mass is 19.2. The molecule has 0 radical (unpaired) electrons. The molecule has 1 heterocycles. The minimum Gasteiger partial charge on any atom is -0.324 e. The van der Waals surface area contributed by atoms with E-state index < -0.39 is 34.6 Å². The Bertz CT molecular complexity index is 1100. The number of carbonyl (C=O) groups is 1. The molecule has 0 atom stereocenters. The zero-order valence-electron chi connectivity index (χ0n) is 13.0. The summed E-state index contributed by atoms with van der Waals surface area (Å²) >= 11 is 0. The van der Waals surface area contributed by atoms with Gasteiger partial charge in [-0.05, 0) is 18.2 Å². The predicted octanol–water partition coefficient (Wildman–Crippen LogP) is 2.22. The third-order valence-corrected chi connectivity index (χ3v) is 3.54. The Morgan fingerprint density at radius 2 is 1.96 bits per heavy atom. The molecule has 132 valence electrons. The Kier molecular flexibility index (Phi) is 4.40. The molecule has 0 unspecified atom stereocenters. The van der Waals surface area contributed by atoms with Gasteiger partial charge in [0, 0.05) is 23.9 Å². The SMILES string of the molecule is O=C(Cn1cnc2ccc([N+](=O)[O-])cc2c1=O)Nc1ccc(F)c(F)c1. The molecule has 0 saturated heterocycles. The number of carbonyl (C=O) groups excluding carboxylic acids is 1. The maximum absolute atomic E-state index is 13.2. The minimum atomic E-state index is -1.13. The summed E-state index contributed by atoms with van der Waals surface area (Å²) in [5.74, 6) is -2.86. The second-order valence-electron chi connectivity index (χ2n) is 5.31. The van der Waals surface area contributed by atoms with Crippen molar-refractivity contribution in [2.75, 3.05) is 5.32 Å². The third kappa shape index (κ3) is 3.38. The summed E-state index contributed by atoms with van der Waals surface area (Å²) in [5.41, 5.74) is -0.649. The van der Waals surface area contributed by atoms with Crippen molar-refractivity contribution in [1.29, 1.82) is 0 Å². The van der Waals surface area contributed by atoms with Gasteiger partial charge < -0.3 is 5.32 Å². The van der Waals surface area contributed by atoms with Gasteiger partial charge in [0.2, 0.25) is 5.91 Å². The number of rotatable bonds is 4. The number of anilines is 1. The van der Waals surface area contributed by atoms with E-state index in [2.05, 4.69) is 10.3 Å². The smallest absolute Gasteiger partial charge is 0.270 e. The molecule has 1 amide bonds. The molecule has 10 heteroatoms. The second-order valence-corrected chi connectivity index (χ2v) is 5.31. The lowest BCUT2D eigenvalue weighted by Crippen LogP contribution is -2.28. The highest BCUT2D eigenvalue weighted by Crippen LogP contribution is 2.16. The first-order valence-corrected chi connectivity index (χ1v) is 7.23. The molecule has 26 heavy (non-hydrogen) atoms. The molecule has 2 aromatic carbocycles. The number of nitro groups is 1. The molecule has 0 spiro atoms. The van der Waals surface area contributed by atoms with Crippen LogP contribution >= 0.6 is 0 Å². The molecule has 3 rings (SSSR count). The van der Waals surface area contributed by atoms with Crippen molar-refractivity contribution in [1.82, 2.24) is 9.55 Å². The quantitative estimate of drug-likeness (QED) is 0.567. The summed E-state index contributed by atoms with van der Waals surface area (Å²) in [6.45, 7) is -0.455. The molecule has 3 aromatic rings. The second kappa shape index (κ2) is 6.67. The van der Waals surface area contributed by atoms with Crippen molar-refractivity contribution >= 4 is 28.2 Å². The number of non-ortho nitro benzene ring substituents is 1. The highest BCUT2D eigenvalue weighted by molar-refractivity contribution is 5.90. The van der Waals surface area contributed by atoms with Crippen LogP contribution in [0.1, 0.15) is 0 Å². The maximum atomic E-state index is 13.2. The summed E-state index contributed by atoms with van der Waals surface area (Å²) in [5, 5.41) is 13.1. The van der Waals surface area contributed by atoms with Gasteiger partial charge >= 0.3 is 0 Å². The number of nitro benzene ring substituents is 1. The zero-order valence-corrected chi connectivity index (χ0v) is 13.0. The van der Waals surface area contributed by atoms with E-state index in [0.29, 0.717) is 0 Å². The Morgan fingerprint density at radius 1 is 1.19 bits per heavy atom. The van der Waals surface area contributed by atoms with Gasteiger partial charge in [0.05, 0.1) is 22.2 Å². The average molecular weight is 360 g/mol. The lowest BCUT2D eigenvalue weighted by Gasteiger charge is -2.08. The number of fused-ring (bicyclic) bond motifs is 1. The van der Waals surface area contributed by atoms with Crippen LogP contribution in [0.5, 0.6) is 0 Å². The standard InChI is InChI=1S/C16H10F2N4O4/c17-12-3-1-9(5-13(12)18)20-15(23)7-21-8-19-14-4-2-10(22(25)26)6-11(14)16(21)24/h1-6,8H,7H2,(H,20,23). The van der Waals surface area contributed by atoms with Crippen molar-refractivity contribution < 1.29 is 18.5 Å². The molecular formula is C16H10F2N4O4. The highest BCUT2D eigenvalue weighted by Gasteiger charge is 2.13. The number of benzene rings is 2. The van der Waals surface area contributed by atoms with E-state index in [1.165, 1.54) is 18.2 Å². The van der Waals surface area contributed by atoms with E-state index >= 15 is 0 Å². The van der Waals surface area contributed by atoms with Crippen LogP contribution in [0.4, 0.5) is 20.2 Å². The summed E-state index contributed by atoms with van der Waals surface area (Å²) in [7, 11) is 0. The van der Waals surface area contributed by atoms with E-state index in [9.17, 15) is 28.5 Å². The largest absolute Gasteiger partial charge is 0.324 e. The summed E-state index contributed by atoms with van der Waals surface area (Å²) in [6, 6.07) is 6.46. The van der Waals surface area contributed by atoms with Crippen LogP contribution in [0.2, 0.25) is 0 Å². The van der Waals surface area contributed by atoms with Crippen LogP contribution in [0.15, 0.2) is 47.5 Å². The fraction of sp³-hybridized carbons (Fsp3) is 0.0625. The summed E-state index contributed by atoms with van der Waals surface area (Å²) in [4.78, 5) is 38.6. The molecule has 0 aliphatic rings. The average Bonchev–Trinajstić information content (AvgIpc) is 2.60. The van der Waals surface area contributed by atoms with Crippen molar-refractivity contribution in [2.24, 2.45) is 0 Å². The lowest BCUT2D eigenvalue weighted by molar-refractivity contribution is -0.384. The third-order valence-electron chi connectivity index (χ3n) is 3.54. The van der Waals surface area contributed by atoms with Crippen LogP contribution in [-0.2, 0) is 11.3 Å². The van der Waals surface area contributed by atoms with E-state index in [1.54, 1.807) is 0 Å².